The number of benzene rings is 2. The average Bonchev–Trinajstić information content (AvgIpc) is 3.33. The summed E-state index contributed by atoms with van der Waals surface area (Å²) >= 11 is 6.10. The number of carbonyl (C=O) groups excluding carboxylic acids is 2. The molecular weight excluding hydrogens is 446 g/mol. The van der Waals surface area contributed by atoms with Gasteiger partial charge in [0.1, 0.15) is 11.5 Å². The van der Waals surface area contributed by atoms with E-state index in [-0.39, 0.29) is 22.1 Å². The minimum Gasteiger partial charge on any atom is -0.485 e. The first-order valence-electron chi connectivity index (χ1n) is 9.64. The zero-order valence-corrected chi connectivity index (χ0v) is 17.9. The van der Waals surface area contributed by atoms with Crippen molar-refractivity contribution in [1.29, 1.82) is 0 Å². The number of nitrogens with zero attached hydrogens (tertiary/aromatic N) is 1. The Morgan fingerprint density at radius 2 is 1.74 bits per heavy atom. The molecule has 2 heterocycles. The van der Waals surface area contributed by atoms with Crippen LogP contribution in [0.4, 0.5) is 0 Å². The van der Waals surface area contributed by atoms with Gasteiger partial charge in [-0.15, -0.1) is 0 Å². The van der Waals surface area contributed by atoms with E-state index in [0.29, 0.717) is 24.6 Å². The third-order valence-electron chi connectivity index (χ3n) is 4.98. The normalized spacial score (nSPS) is 18.4. The number of halogens is 1. The monoisotopic (exact) mass is 465 g/mol. The fourth-order valence-electron chi connectivity index (χ4n) is 3.33. The Hall–Kier alpha value is -2.82. The lowest BCUT2D eigenvalue weighted by atomic mass is 10.2. The Morgan fingerprint density at radius 1 is 1.03 bits per heavy atom. The molecule has 2 aliphatic heterocycles. The van der Waals surface area contributed by atoms with Crippen LogP contribution in [0.5, 0.6) is 11.5 Å². The van der Waals surface area contributed by atoms with Crippen LogP contribution in [0.25, 0.3) is 0 Å². The summed E-state index contributed by atoms with van der Waals surface area (Å²) in [5.41, 5.74) is 4.57. The number of hydrogen-bond acceptors (Lipinski definition) is 6. The predicted octanol–water partition coefficient (Wildman–Crippen LogP) is 1.73. The molecule has 164 valence electrons. The van der Waals surface area contributed by atoms with E-state index in [2.05, 4.69) is 10.9 Å². The van der Waals surface area contributed by atoms with Crippen molar-refractivity contribution in [3.8, 4) is 11.5 Å². The first-order valence-corrected chi connectivity index (χ1v) is 11.5. The number of amides is 2. The Balaban J connectivity index is 1.42. The molecule has 0 saturated carbocycles. The Labute approximate surface area is 184 Å². The third-order valence-corrected chi connectivity index (χ3v) is 7.36. The second-order valence-electron chi connectivity index (χ2n) is 7.06. The SMILES string of the molecule is O=C(NNC(=O)[C@@H]1COc2ccccc2O1)c1ccc(Cl)c(S(=O)(=O)N2CCCC2)c1. The van der Waals surface area contributed by atoms with E-state index in [0.717, 1.165) is 12.8 Å². The second kappa shape index (κ2) is 8.74. The smallest absolute Gasteiger partial charge is 0.283 e. The maximum absolute atomic E-state index is 12.8. The standard InChI is InChI=1S/C20H20ClN3O6S/c21-14-8-7-13(11-18(14)31(27,28)24-9-3-4-10-24)19(25)22-23-20(26)17-12-29-15-5-1-2-6-16(15)30-17/h1-2,5-8,11,17H,3-4,9-10,12H2,(H,22,25)(H,23,26)/t17-/m0/s1. The molecule has 0 radical (unpaired) electrons. The van der Waals surface area contributed by atoms with Crippen molar-refractivity contribution in [3.05, 3.63) is 53.1 Å². The molecule has 2 N–H and O–H groups in total. The van der Waals surface area contributed by atoms with Crippen LogP contribution in [0.1, 0.15) is 23.2 Å². The van der Waals surface area contributed by atoms with Crippen LogP contribution in [0.15, 0.2) is 47.4 Å². The summed E-state index contributed by atoms with van der Waals surface area (Å²) in [5, 5.41) is 0.0268. The van der Waals surface area contributed by atoms with E-state index in [4.69, 9.17) is 21.1 Å². The highest BCUT2D eigenvalue weighted by Gasteiger charge is 2.30. The number of carbonyl (C=O) groups is 2. The molecule has 1 fully saturated rings. The Morgan fingerprint density at radius 3 is 2.48 bits per heavy atom. The van der Waals surface area contributed by atoms with Crippen LogP contribution in [0, 0.1) is 0 Å². The molecular formula is C20H20ClN3O6S. The van der Waals surface area contributed by atoms with Gasteiger partial charge in [0.2, 0.25) is 16.1 Å². The number of nitrogens with one attached hydrogen (secondary N) is 2. The van der Waals surface area contributed by atoms with Crippen molar-refractivity contribution in [3.63, 3.8) is 0 Å². The number of fused-ring (bicyclic) bond motifs is 1. The molecule has 0 spiro atoms. The van der Waals surface area contributed by atoms with Crippen LogP contribution in [0.3, 0.4) is 0 Å². The molecule has 0 unspecified atom stereocenters. The molecule has 0 aliphatic carbocycles. The number of hydrazine groups is 1. The van der Waals surface area contributed by atoms with E-state index >= 15 is 0 Å². The summed E-state index contributed by atoms with van der Waals surface area (Å²) < 4.78 is 38.0. The van der Waals surface area contributed by atoms with Crippen molar-refractivity contribution < 1.29 is 27.5 Å². The molecule has 0 aromatic heterocycles. The summed E-state index contributed by atoms with van der Waals surface area (Å²) in [5.74, 6) is -0.347. The van der Waals surface area contributed by atoms with Gasteiger partial charge in [-0.25, -0.2) is 8.42 Å². The quantitative estimate of drug-likeness (QED) is 0.665. The summed E-state index contributed by atoms with van der Waals surface area (Å²) in [7, 11) is -3.80. The highest BCUT2D eigenvalue weighted by molar-refractivity contribution is 7.89. The lowest BCUT2D eigenvalue weighted by Gasteiger charge is -2.25. The molecule has 2 aromatic carbocycles. The minimum atomic E-state index is -3.80. The Kier molecular flexibility index (Phi) is 6.03. The molecule has 0 bridgehead atoms. The van der Waals surface area contributed by atoms with Crippen molar-refractivity contribution in [2.45, 2.75) is 23.8 Å². The van der Waals surface area contributed by atoms with Crippen LogP contribution in [0.2, 0.25) is 5.02 Å². The number of hydrogen-bond donors (Lipinski definition) is 2. The summed E-state index contributed by atoms with van der Waals surface area (Å²) in [4.78, 5) is 24.7. The molecule has 4 rings (SSSR count). The van der Waals surface area contributed by atoms with Gasteiger partial charge in [-0.2, -0.15) is 4.31 Å². The summed E-state index contributed by atoms with van der Waals surface area (Å²) in [6.45, 7) is 0.813. The van der Waals surface area contributed by atoms with Crippen molar-refractivity contribution in [2.24, 2.45) is 0 Å². The second-order valence-corrected chi connectivity index (χ2v) is 9.38. The van der Waals surface area contributed by atoms with Gasteiger partial charge in [0.05, 0.1) is 5.02 Å². The number of ether oxygens (including phenoxy) is 2. The van der Waals surface area contributed by atoms with E-state index in [1.165, 1.54) is 22.5 Å². The van der Waals surface area contributed by atoms with Gasteiger partial charge in [0.15, 0.2) is 11.5 Å². The maximum Gasteiger partial charge on any atom is 0.283 e. The van der Waals surface area contributed by atoms with Crippen LogP contribution in [-0.4, -0.2) is 50.3 Å². The van der Waals surface area contributed by atoms with Crippen LogP contribution in [-0.2, 0) is 14.8 Å². The summed E-state index contributed by atoms with van der Waals surface area (Å²) in [6.07, 6.45) is 0.604. The number of para-hydroxylation sites is 2. The molecule has 2 aromatic rings. The number of rotatable bonds is 4. The fraction of sp³-hybridized carbons (Fsp3) is 0.300. The van der Waals surface area contributed by atoms with E-state index in [1.807, 2.05) is 0 Å². The van der Waals surface area contributed by atoms with E-state index in [1.54, 1.807) is 24.3 Å². The first-order chi connectivity index (χ1) is 14.9. The van der Waals surface area contributed by atoms with Gasteiger partial charge >= 0.3 is 0 Å². The molecule has 9 nitrogen and oxygen atoms in total. The molecule has 2 aliphatic rings. The van der Waals surface area contributed by atoms with Gasteiger partial charge in [-0.05, 0) is 43.2 Å². The predicted molar refractivity (Wildman–Crippen MR) is 111 cm³/mol. The van der Waals surface area contributed by atoms with Gasteiger partial charge < -0.3 is 9.47 Å². The topological polar surface area (TPSA) is 114 Å². The Bertz CT molecular complexity index is 1120. The van der Waals surface area contributed by atoms with Crippen molar-refractivity contribution in [1.82, 2.24) is 15.2 Å². The highest BCUT2D eigenvalue weighted by atomic mass is 35.5. The van der Waals surface area contributed by atoms with Crippen LogP contribution < -0.4 is 20.3 Å². The van der Waals surface area contributed by atoms with Gasteiger partial charge in [0.25, 0.3) is 11.8 Å². The zero-order valence-electron chi connectivity index (χ0n) is 16.3. The first kappa shape index (κ1) is 21.4. The number of sulfonamides is 1. The van der Waals surface area contributed by atoms with Gasteiger partial charge in [0, 0.05) is 18.7 Å². The fourth-order valence-corrected chi connectivity index (χ4v) is 5.35. The van der Waals surface area contributed by atoms with Gasteiger partial charge in [-0.1, -0.05) is 23.7 Å². The zero-order chi connectivity index (χ0) is 22.0. The lowest BCUT2D eigenvalue weighted by Crippen LogP contribution is -2.50. The van der Waals surface area contributed by atoms with E-state index in [9.17, 15) is 18.0 Å². The largest absolute Gasteiger partial charge is 0.485 e. The third kappa shape index (κ3) is 4.46. The van der Waals surface area contributed by atoms with Crippen molar-refractivity contribution >= 4 is 33.4 Å². The van der Waals surface area contributed by atoms with E-state index < -0.39 is 27.9 Å². The molecule has 11 heteroatoms. The molecule has 2 amide bonds. The summed E-state index contributed by atoms with van der Waals surface area (Å²) in [6, 6.07) is 10.8. The lowest BCUT2D eigenvalue weighted by molar-refractivity contribution is -0.131. The molecule has 1 saturated heterocycles. The van der Waals surface area contributed by atoms with Crippen LogP contribution >= 0.6 is 11.6 Å². The highest BCUT2D eigenvalue weighted by Crippen LogP contribution is 2.31. The van der Waals surface area contributed by atoms with Crippen molar-refractivity contribution in [2.75, 3.05) is 19.7 Å². The average molecular weight is 466 g/mol. The molecule has 1 atom stereocenters. The van der Waals surface area contributed by atoms with Gasteiger partial charge in [-0.3, -0.25) is 20.4 Å². The molecule has 31 heavy (non-hydrogen) atoms. The maximum atomic E-state index is 12.8. The minimum absolute atomic E-state index is 0.0160.